The molecule has 0 saturated carbocycles. The number of rotatable bonds is 2. The number of nitrogens with zero attached hydrogens (tertiary/aromatic N) is 2. The molecule has 0 saturated heterocycles. The van der Waals surface area contributed by atoms with Crippen LogP contribution in [0.1, 0.15) is 17.4 Å². The van der Waals surface area contributed by atoms with Gasteiger partial charge in [0.1, 0.15) is 6.33 Å². The van der Waals surface area contributed by atoms with Crippen LogP contribution in [-0.2, 0) is 0 Å². The maximum atomic E-state index is 9.30. The number of alkyl halides is 1. The molecule has 1 atom stereocenters. The molecule has 3 nitrogen and oxygen atoms in total. The van der Waals surface area contributed by atoms with Crippen molar-refractivity contribution in [2.24, 2.45) is 0 Å². The number of hydrogen-bond donors (Lipinski definition) is 1. The molecule has 0 bridgehead atoms. The summed E-state index contributed by atoms with van der Waals surface area (Å²) in [5.41, 5.74) is 1.47. The summed E-state index contributed by atoms with van der Waals surface area (Å²) in [5.74, 6) is 0.175. The molecule has 1 rings (SSSR count). The van der Waals surface area contributed by atoms with Crippen molar-refractivity contribution in [3.05, 3.63) is 23.8 Å². The summed E-state index contributed by atoms with van der Waals surface area (Å²) in [7, 11) is 0. The van der Waals surface area contributed by atoms with Crippen LogP contribution in [0.4, 0.5) is 0 Å². The van der Waals surface area contributed by atoms with Crippen LogP contribution in [0.15, 0.2) is 12.5 Å². The molecule has 0 aromatic carbocycles. The van der Waals surface area contributed by atoms with Gasteiger partial charge in [0, 0.05) is 17.5 Å². The van der Waals surface area contributed by atoms with E-state index in [9.17, 15) is 5.11 Å². The van der Waals surface area contributed by atoms with Gasteiger partial charge in [-0.25, -0.2) is 9.97 Å². The van der Waals surface area contributed by atoms with Crippen molar-refractivity contribution >= 4 is 11.6 Å². The average molecular weight is 173 g/mol. The zero-order chi connectivity index (χ0) is 8.27. The van der Waals surface area contributed by atoms with E-state index in [0.717, 1.165) is 5.69 Å². The van der Waals surface area contributed by atoms with Crippen LogP contribution < -0.4 is 0 Å². The minimum atomic E-state index is -0.655. The van der Waals surface area contributed by atoms with Crippen molar-refractivity contribution in [1.29, 1.82) is 0 Å². The molecule has 0 radical (unpaired) electrons. The van der Waals surface area contributed by atoms with Crippen molar-refractivity contribution < 1.29 is 5.11 Å². The summed E-state index contributed by atoms with van der Waals surface area (Å²) in [6.45, 7) is 1.81. The van der Waals surface area contributed by atoms with Crippen molar-refractivity contribution in [3.8, 4) is 0 Å². The maximum Gasteiger partial charge on any atom is 0.115 e. The van der Waals surface area contributed by atoms with Crippen LogP contribution in [0.5, 0.6) is 0 Å². The minimum Gasteiger partial charge on any atom is -0.387 e. The van der Waals surface area contributed by atoms with Gasteiger partial charge in [0.15, 0.2) is 0 Å². The van der Waals surface area contributed by atoms with Gasteiger partial charge in [-0.05, 0) is 6.92 Å². The van der Waals surface area contributed by atoms with E-state index in [0.29, 0.717) is 5.56 Å². The van der Waals surface area contributed by atoms with Crippen LogP contribution in [-0.4, -0.2) is 21.0 Å². The van der Waals surface area contributed by atoms with E-state index >= 15 is 0 Å². The van der Waals surface area contributed by atoms with E-state index in [1.54, 1.807) is 6.20 Å². The SMILES string of the molecule is Cc1ncncc1C(O)CCl. The van der Waals surface area contributed by atoms with Gasteiger partial charge in [-0.15, -0.1) is 11.6 Å². The van der Waals surface area contributed by atoms with Gasteiger partial charge >= 0.3 is 0 Å². The summed E-state index contributed by atoms with van der Waals surface area (Å²) >= 11 is 5.45. The second-order valence-electron chi connectivity index (χ2n) is 2.23. The predicted octanol–water partition coefficient (Wildman–Crippen LogP) is 1.06. The molecular formula is C7H9ClN2O. The predicted molar refractivity (Wildman–Crippen MR) is 42.4 cm³/mol. The second kappa shape index (κ2) is 3.64. The van der Waals surface area contributed by atoms with Gasteiger partial charge in [-0.3, -0.25) is 0 Å². The maximum absolute atomic E-state index is 9.30. The Balaban J connectivity index is 2.93. The molecule has 0 fully saturated rings. The Morgan fingerprint density at radius 2 is 2.45 bits per heavy atom. The molecule has 11 heavy (non-hydrogen) atoms. The van der Waals surface area contributed by atoms with E-state index in [1.165, 1.54) is 6.33 Å². The Morgan fingerprint density at radius 3 is 3.00 bits per heavy atom. The number of aryl methyl sites for hydroxylation is 1. The van der Waals surface area contributed by atoms with Crippen LogP contribution in [0.3, 0.4) is 0 Å². The van der Waals surface area contributed by atoms with Crippen LogP contribution >= 0.6 is 11.6 Å². The Morgan fingerprint density at radius 1 is 1.73 bits per heavy atom. The van der Waals surface area contributed by atoms with Crippen molar-refractivity contribution in [1.82, 2.24) is 9.97 Å². The van der Waals surface area contributed by atoms with Gasteiger partial charge in [0.25, 0.3) is 0 Å². The number of aromatic nitrogens is 2. The Labute approximate surface area is 70.1 Å². The summed E-state index contributed by atoms with van der Waals surface area (Å²) in [5, 5.41) is 9.30. The van der Waals surface area contributed by atoms with Gasteiger partial charge < -0.3 is 5.11 Å². The number of aliphatic hydroxyl groups excluding tert-OH is 1. The average Bonchev–Trinajstić information content (AvgIpc) is 2.04. The van der Waals surface area contributed by atoms with Crippen molar-refractivity contribution in [2.45, 2.75) is 13.0 Å². The first-order valence-corrected chi connectivity index (χ1v) is 3.79. The van der Waals surface area contributed by atoms with Crippen molar-refractivity contribution in [2.75, 3.05) is 5.88 Å². The lowest BCUT2D eigenvalue weighted by molar-refractivity contribution is 0.201. The normalized spacial score (nSPS) is 13.0. The molecule has 1 N–H and O–H groups in total. The molecule has 0 aliphatic rings. The Kier molecular flexibility index (Phi) is 2.79. The van der Waals surface area contributed by atoms with Gasteiger partial charge in [0.2, 0.25) is 0 Å². The largest absolute Gasteiger partial charge is 0.387 e. The zero-order valence-electron chi connectivity index (χ0n) is 6.16. The molecule has 0 aliphatic carbocycles. The molecule has 1 heterocycles. The lowest BCUT2D eigenvalue weighted by Crippen LogP contribution is -2.03. The molecule has 0 aliphatic heterocycles. The summed E-state index contributed by atoms with van der Waals surface area (Å²) in [4.78, 5) is 7.70. The monoisotopic (exact) mass is 172 g/mol. The summed E-state index contributed by atoms with van der Waals surface area (Å²) in [6.07, 6.45) is 2.37. The fraction of sp³-hybridized carbons (Fsp3) is 0.429. The Bertz CT molecular complexity index is 242. The van der Waals surface area contributed by atoms with Gasteiger partial charge in [-0.1, -0.05) is 0 Å². The van der Waals surface area contributed by atoms with E-state index < -0.39 is 6.10 Å². The molecule has 0 spiro atoms. The molecule has 60 valence electrons. The first-order chi connectivity index (χ1) is 5.25. The number of hydrogen-bond acceptors (Lipinski definition) is 3. The van der Waals surface area contributed by atoms with Gasteiger partial charge in [-0.2, -0.15) is 0 Å². The first-order valence-electron chi connectivity index (χ1n) is 3.26. The van der Waals surface area contributed by atoms with E-state index in [4.69, 9.17) is 11.6 Å². The third-order valence-corrected chi connectivity index (χ3v) is 1.75. The van der Waals surface area contributed by atoms with Crippen LogP contribution in [0.25, 0.3) is 0 Å². The topological polar surface area (TPSA) is 46.0 Å². The molecule has 1 unspecified atom stereocenters. The zero-order valence-corrected chi connectivity index (χ0v) is 6.91. The minimum absolute atomic E-state index is 0.175. The molecule has 0 amide bonds. The highest BCUT2D eigenvalue weighted by atomic mass is 35.5. The fourth-order valence-corrected chi connectivity index (χ4v) is 0.978. The lowest BCUT2D eigenvalue weighted by atomic mass is 10.1. The quantitative estimate of drug-likeness (QED) is 0.679. The Hall–Kier alpha value is -0.670. The van der Waals surface area contributed by atoms with Crippen molar-refractivity contribution in [3.63, 3.8) is 0 Å². The fourth-order valence-electron chi connectivity index (χ4n) is 0.812. The number of halogens is 1. The smallest absolute Gasteiger partial charge is 0.115 e. The highest BCUT2D eigenvalue weighted by molar-refractivity contribution is 6.18. The second-order valence-corrected chi connectivity index (χ2v) is 2.54. The molecule has 1 aromatic heterocycles. The van der Waals surface area contributed by atoms with Crippen LogP contribution in [0.2, 0.25) is 0 Å². The molecular weight excluding hydrogens is 164 g/mol. The first kappa shape index (κ1) is 8.43. The summed E-state index contributed by atoms with van der Waals surface area (Å²) in [6, 6.07) is 0. The third kappa shape index (κ3) is 1.88. The summed E-state index contributed by atoms with van der Waals surface area (Å²) < 4.78 is 0. The molecule has 4 heteroatoms. The van der Waals surface area contributed by atoms with Gasteiger partial charge in [0.05, 0.1) is 12.0 Å². The highest BCUT2D eigenvalue weighted by Gasteiger charge is 2.08. The third-order valence-electron chi connectivity index (χ3n) is 1.45. The number of aliphatic hydroxyl groups is 1. The highest BCUT2D eigenvalue weighted by Crippen LogP contribution is 2.14. The van der Waals surface area contributed by atoms with E-state index in [-0.39, 0.29) is 5.88 Å². The van der Waals surface area contributed by atoms with E-state index in [2.05, 4.69) is 9.97 Å². The van der Waals surface area contributed by atoms with Crippen LogP contribution in [0, 0.1) is 6.92 Å². The molecule has 1 aromatic rings. The van der Waals surface area contributed by atoms with E-state index in [1.807, 2.05) is 6.92 Å². The lowest BCUT2D eigenvalue weighted by Gasteiger charge is -2.07. The standard InChI is InChI=1S/C7H9ClN2O/c1-5-6(7(11)2-8)3-9-4-10-5/h3-4,7,11H,2H2,1H3.